The first-order valence-corrected chi connectivity index (χ1v) is 12.9. The number of amides is 1. The molecule has 1 N–H and O–H groups in total. The van der Waals surface area contributed by atoms with Gasteiger partial charge in [0.05, 0.1) is 18.1 Å². The number of carbonyl (C=O) groups excluding carboxylic acids is 1. The molecule has 1 amide bonds. The number of ether oxygens (including phenoxy) is 1. The lowest BCUT2D eigenvalue weighted by molar-refractivity contribution is -0.126. The summed E-state index contributed by atoms with van der Waals surface area (Å²) in [6.07, 6.45) is 2.80. The van der Waals surface area contributed by atoms with Gasteiger partial charge in [-0.25, -0.2) is 13.4 Å². The highest BCUT2D eigenvalue weighted by Gasteiger charge is 2.32. The van der Waals surface area contributed by atoms with Crippen molar-refractivity contribution < 1.29 is 17.9 Å². The molecule has 2 aliphatic rings. The maximum Gasteiger partial charge on any atom is 0.243 e. The Bertz CT molecular complexity index is 1090. The van der Waals surface area contributed by atoms with Gasteiger partial charge < -0.3 is 15.0 Å². The van der Waals surface area contributed by atoms with Crippen LogP contribution in [0.15, 0.2) is 41.4 Å². The Kier molecular flexibility index (Phi) is 7.31. The number of hydrogen-bond donors (Lipinski definition) is 1. The first kappa shape index (κ1) is 23.7. The molecule has 1 aromatic heterocycles. The molecule has 0 radical (unpaired) electrons. The molecular formula is C24H32N4O4S. The third-order valence-electron chi connectivity index (χ3n) is 6.38. The third-order valence-corrected chi connectivity index (χ3v) is 8.44. The van der Waals surface area contributed by atoms with Crippen LogP contribution in [0.2, 0.25) is 0 Å². The van der Waals surface area contributed by atoms with Gasteiger partial charge in [-0.2, -0.15) is 4.31 Å². The number of benzene rings is 1. The summed E-state index contributed by atoms with van der Waals surface area (Å²) in [6, 6.07) is 9.30. The molecule has 2 fully saturated rings. The van der Waals surface area contributed by atoms with E-state index in [9.17, 15) is 13.2 Å². The quantitative estimate of drug-likeness (QED) is 0.693. The van der Waals surface area contributed by atoms with Crippen molar-refractivity contribution in [1.82, 2.24) is 14.6 Å². The summed E-state index contributed by atoms with van der Waals surface area (Å²) in [6.45, 7) is 7.92. The van der Waals surface area contributed by atoms with E-state index in [2.05, 4.69) is 15.2 Å². The first-order valence-electron chi connectivity index (χ1n) is 11.5. The zero-order valence-electron chi connectivity index (χ0n) is 19.3. The summed E-state index contributed by atoms with van der Waals surface area (Å²) < 4.78 is 33.1. The highest BCUT2D eigenvalue weighted by Crippen LogP contribution is 2.26. The molecule has 3 heterocycles. The van der Waals surface area contributed by atoms with Crippen LogP contribution in [0, 0.1) is 19.8 Å². The topological polar surface area (TPSA) is 91.8 Å². The second-order valence-electron chi connectivity index (χ2n) is 8.79. The molecule has 0 saturated carbocycles. The van der Waals surface area contributed by atoms with Crippen LogP contribution in [-0.4, -0.2) is 63.0 Å². The van der Waals surface area contributed by atoms with E-state index >= 15 is 0 Å². The predicted octanol–water partition coefficient (Wildman–Crippen LogP) is 2.25. The van der Waals surface area contributed by atoms with Gasteiger partial charge in [-0.3, -0.25) is 4.79 Å². The number of pyridine rings is 1. The molecule has 0 spiro atoms. The maximum absolute atomic E-state index is 13.1. The highest BCUT2D eigenvalue weighted by molar-refractivity contribution is 7.89. The molecule has 2 aromatic rings. The van der Waals surface area contributed by atoms with Gasteiger partial charge in [0.1, 0.15) is 5.82 Å². The lowest BCUT2D eigenvalue weighted by Crippen LogP contribution is -2.43. The molecule has 8 nitrogen and oxygen atoms in total. The van der Waals surface area contributed by atoms with E-state index in [1.54, 1.807) is 12.3 Å². The first-order chi connectivity index (χ1) is 15.8. The summed E-state index contributed by atoms with van der Waals surface area (Å²) in [5, 5.41) is 3.02. The van der Waals surface area contributed by atoms with Crippen molar-refractivity contribution in [2.75, 3.05) is 44.3 Å². The van der Waals surface area contributed by atoms with E-state index in [4.69, 9.17) is 4.74 Å². The highest BCUT2D eigenvalue weighted by atomic mass is 32.2. The van der Waals surface area contributed by atoms with Crippen molar-refractivity contribution in [1.29, 1.82) is 0 Å². The Labute approximate surface area is 196 Å². The van der Waals surface area contributed by atoms with E-state index in [1.165, 1.54) is 4.31 Å². The molecule has 0 aliphatic carbocycles. The number of aromatic nitrogens is 1. The largest absolute Gasteiger partial charge is 0.378 e. The Morgan fingerprint density at radius 2 is 1.82 bits per heavy atom. The smallest absolute Gasteiger partial charge is 0.243 e. The van der Waals surface area contributed by atoms with Crippen molar-refractivity contribution in [3.8, 4) is 0 Å². The summed E-state index contributed by atoms with van der Waals surface area (Å²) in [5.74, 6) is 0.689. The van der Waals surface area contributed by atoms with E-state index < -0.39 is 10.0 Å². The van der Waals surface area contributed by atoms with Gasteiger partial charge in [0.25, 0.3) is 0 Å². The van der Waals surface area contributed by atoms with Crippen molar-refractivity contribution >= 4 is 21.7 Å². The lowest BCUT2D eigenvalue weighted by atomic mass is 9.97. The van der Waals surface area contributed by atoms with Gasteiger partial charge in [-0.15, -0.1) is 0 Å². The SMILES string of the molecule is Cc1ccc(S(=O)(=O)N2CCC(C(=O)NCc3ccnc(N4CCOCC4)c3)CC2)c(C)c1. The van der Waals surface area contributed by atoms with Crippen LogP contribution in [-0.2, 0) is 26.1 Å². The van der Waals surface area contributed by atoms with Crippen LogP contribution in [0.5, 0.6) is 0 Å². The fraction of sp³-hybridized carbons (Fsp3) is 0.500. The number of hydrogen-bond acceptors (Lipinski definition) is 6. The minimum atomic E-state index is -3.55. The van der Waals surface area contributed by atoms with Crippen LogP contribution < -0.4 is 10.2 Å². The molecule has 4 rings (SSSR count). The van der Waals surface area contributed by atoms with E-state index in [0.29, 0.717) is 50.6 Å². The summed E-state index contributed by atoms with van der Waals surface area (Å²) in [4.78, 5) is 19.7. The van der Waals surface area contributed by atoms with Crippen molar-refractivity contribution in [3.05, 3.63) is 53.2 Å². The van der Waals surface area contributed by atoms with E-state index in [0.717, 1.165) is 35.6 Å². The van der Waals surface area contributed by atoms with E-state index in [-0.39, 0.29) is 11.8 Å². The van der Waals surface area contributed by atoms with Crippen molar-refractivity contribution in [2.24, 2.45) is 5.92 Å². The Morgan fingerprint density at radius 3 is 2.52 bits per heavy atom. The molecule has 2 aliphatic heterocycles. The maximum atomic E-state index is 13.1. The van der Waals surface area contributed by atoms with Crippen molar-refractivity contribution in [2.45, 2.75) is 38.1 Å². The second kappa shape index (κ2) is 10.2. The van der Waals surface area contributed by atoms with Gasteiger partial charge in [0.2, 0.25) is 15.9 Å². The number of nitrogens with zero attached hydrogens (tertiary/aromatic N) is 3. The van der Waals surface area contributed by atoms with Crippen molar-refractivity contribution in [3.63, 3.8) is 0 Å². The standard InChI is InChI=1S/C24H32N4O4S/c1-18-3-4-22(19(2)15-18)33(30,31)28-9-6-21(7-10-28)24(29)26-17-20-5-8-25-23(16-20)27-11-13-32-14-12-27/h3-5,8,15-16,21H,6-7,9-14,17H2,1-2H3,(H,26,29). The fourth-order valence-electron chi connectivity index (χ4n) is 4.46. The molecule has 0 atom stereocenters. The monoisotopic (exact) mass is 472 g/mol. The summed E-state index contributed by atoms with van der Waals surface area (Å²) in [5.41, 5.74) is 2.78. The molecule has 0 unspecified atom stereocenters. The van der Waals surface area contributed by atoms with E-state index in [1.807, 2.05) is 38.1 Å². The van der Waals surface area contributed by atoms with Crippen LogP contribution in [0.1, 0.15) is 29.5 Å². The molecule has 2 saturated heterocycles. The predicted molar refractivity (Wildman–Crippen MR) is 127 cm³/mol. The van der Waals surface area contributed by atoms with Gasteiger partial charge in [-0.1, -0.05) is 17.7 Å². The van der Waals surface area contributed by atoms with Crippen LogP contribution in [0.3, 0.4) is 0 Å². The van der Waals surface area contributed by atoms with Crippen LogP contribution >= 0.6 is 0 Å². The number of rotatable bonds is 6. The molecule has 33 heavy (non-hydrogen) atoms. The molecule has 0 bridgehead atoms. The average Bonchev–Trinajstić information content (AvgIpc) is 2.83. The molecule has 1 aromatic carbocycles. The van der Waals surface area contributed by atoms with Gasteiger partial charge >= 0.3 is 0 Å². The zero-order valence-corrected chi connectivity index (χ0v) is 20.1. The number of carbonyl (C=O) groups is 1. The Morgan fingerprint density at radius 1 is 1.09 bits per heavy atom. The lowest BCUT2D eigenvalue weighted by Gasteiger charge is -2.31. The summed E-state index contributed by atoms with van der Waals surface area (Å²) >= 11 is 0. The number of anilines is 1. The average molecular weight is 473 g/mol. The Hall–Kier alpha value is -2.49. The Balaban J connectivity index is 1.31. The summed E-state index contributed by atoms with van der Waals surface area (Å²) in [7, 11) is -3.55. The number of piperidine rings is 1. The number of sulfonamides is 1. The van der Waals surface area contributed by atoms with Gasteiger partial charge in [-0.05, 0) is 56.0 Å². The second-order valence-corrected chi connectivity index (χ2v) is 10.7. The number of morpholine rings is 1. The number of nitrogens with one attached hydrogen (secondary N) is 1. The normalized spacial score (nSPS) is 18.3. The van der Waals surface area contributed by atoms with Crippen LogP contribution in [0.25, 0.3) is 0 Å². The van der Waals surface area contributed by atoms with Gasteiger partial charge in [0.15, 0.2) is 0 Å². The zero-order chi connectivity index (χ0) is 23.4. The minimum absolute atomic E-state index is 0.0247. The molecule has 9 heteroatoms. The number of aryl methyl sites for hydroxylation is 2. The minimum Gasteiger partial charge on any atom is -0.378 e. The molecular weight excluding hydrogens is 440 g/mol. The fourth-order valence-corrected chi connectivity index (χ4v) is 6.13. The third kappa shape index (κ3) is 5.54. The van der Waals surface area contributed by atoms with Crippen LogP contribution in [0.4, 0.5) is 5.82 Å². The van der Waals surface area contributed by atoms with Gasteiger partial charge in [0, 0.05) is 44.8 Å². The molecule has 178 valence electrons.